The number of rotatable bonds is 7. The summed E-state index contributed by atoms with van der Waals surface area (Å²) >= 11 is 0. The molecule has 0 unspecified atom stereocenters. The summed E-state index contributed by atoms with van der Waals surface area (Å²) in [5.74, 6) is 0.0598. The first-order chi connectivity index (χ1) is 9.79. The van der Waals surface area contributed by atoms with E-state index in [4.69, 9.17) is 4.74 Å². The number of methoxy groups -OCH3 is 1. The van der Waals surface area contributed by atoms with Crippen molar-refractivity contribution < 1.29 is 9.53 Å². The molecule has 5 nitrogen and oxygen atoms in total. The van der Waals surface area contributed by atoms with E-state index in [2.05, 4.69) is 15.2 Å². The van der Waals surface area contributed by atoms with E-state index in [1.807, 2.05) is 18.2 Å². The molecule has 2 rings (SSSR count). The molecule has 2 heterocycles. The summed E-state index contributed by atoms with van der Waals surface area (Å²) in [6.45, 7) is 3.52. The molecule has 1 aliphatic rings. The van der Waals surface area contributed by atoms with E-state index in [0.29, 0.717) is 13.0 Å². The Hall–Kier alpha value is -1.46. The lowest BCUT2D eigenvalue weighted by Crippen LogP contribution is -2.34. The Balaban J connectivity index is 1.82. The molecule has 0 bridgehead atoms. The summed E-state index contributed by atoms with van der Waals surface area (Å²) in [7, 11) is 1.63. The normalized spacial score (nSPS) is 17.1. The highest BCUT2D eigenvalue weighted by molar-refractivity contribution is 5.76. The van der Waals surface area contributed by atoms with Gasteiger partial charge in [-0.05, 0) is 38.1 Å². The lowest BCUT2D eigenvalue weighted by atomic mass is 10.2. The fraction of sp³-hybridized carbons (Fsp3) is 0.600. The SMILES string of the molecule is COC[C@@H](NC(=O)CCN1CCCC1)c1ccccn1. The number of nitrogens with one attached hydrogen (secondary N) is 1. The highest BCUT2D eigenvalue weighted by Gasteiger charge is 2.17. The van der Waals surface area contributed by atoms with Gasteiger partial charge in [0.1, 0.15) is 0 Å². The summed E-state index contributed by atoms with van der Waals surface area (Å²) in [5.41, 5.74) is 0.837. The predicted molar refractivity (Wildman–Crippen MR) is 77.3 cm³/mol. The van der Waals surface area contributed by atoms with Gasteiger partial charge in [0, 0.05) is 26.3 Å². The van der Waals surface area contributed by atoms with Gasteiger partial charge in [0.25, 0.3) is 0 Å². The van der Waals surface area contributed by atoms with Gasteiger partial charge in [-0.25, -0.2) is 0 Å². The Morgan fingerprint density at radius 1 is 1.45 bits per heavy atom. The van der Waals surface area contributed by atoms with E-state index in [1.54, 1.807) is 13.3 Å². The third-order valence-electron chi connectivity index (χ3n) is 3.57. The van der Waals surface area contributed by atoms with Crippen LogP contribution in [-0.4, -0.2) is 49.1 Å². The molecule has 5 heteroatoms. The second kappa shape index (κ2) is 7.97. The lowest BCUT2D eigenvalue weighted by Gasteiger charge is -2.19. The fourth-order valence-corrected chi connectivity index (χ4v) is 2.48. The van der Waals surface area contributed by atoms with Crippen LogP contribution in [0.25, 0.3) is 0 Å². The molecule has 1 amide bonds. The first-order valence-electron chi connectivity index (χ1n) is 7.21. The summed E-state index contributed by atoms with van der Waals surface area (Å²) in [6, 6.07) is 5.52. The second-order valence-corrected chi connectivity index (χ2v) is 5.13. The molecule has 1 aromatic heterocycles. The Labute approximate surface area is 120 Å². The van der Waals surface area contributed by atoms with Crippen LogP contribution >= 0.6 is 0 Å². The molecule has 1 aliphatic heterocycles. The van der Waals surface area contributed by atoms with Crippen molar-refractivity contribution in [2.24, 2.45) is 0 Å². The zero-order valence-electron chi connectivity index (χ0n) is 12.0. The van der Waals surface area contributed by atoms with Crippen molar-refractivity contribution in [2.45, 2.75) is 25.3 Å². The van der Waals surface area contributed by atoms with Gasteiger partial charge in [-0.1, -0.05) is 6.07 Å². The van der Waals surface area contributed by atoms with E-state index < -0.39 is 0 Å². The van der Waals surface area contributed by atoms with Crippen LogP contribution in [0, 0.1) is 0 Å². The minimum Gasteiger partial charge on any atom is -0.382 e. The monoisotopic (exact) mass is 277 g/mol. The average molecular weight is 277 g/mol. The van der Waals surface area contributed by atoms with Gasteiger partial charge in [-0.2, -0.15) is 0 Å². The quantitative estimate of drug-likeness (QED) is 0.818. The number of ether oxygens (including phenoxy) is 1. The molecule has 0 spiro atoms. The van der Waals surface area contributed by atoms with Crippen LogP contribution in [0.2, 0.25) is 0 Å². The third kappa shape index (κ3) is 4.58. The highest BCUT2D eigenvalue weighted by atomic mass is 16.5. The van der Waals surface area contributed by atoms with Gasteiger partial charge in [0.05, 0.1) is 18.3 Å². The van der Waals surface area contributed by atoms with E-state index in [-0.39, 0.29) is 11.9 Å². The number of carbonyl (C=O) groups excluding carboxylic acids is 1. The van der Waals surface area contributed by atoms with Gasteiger partial charge in [-0.15, -0.1) is 0 Å². The van der Waals surface area contributed by atoms with Crippen LogP contribution in [0.4, 0.5) is 0 Å². The van der Waals surface area contributed by atoms with Gasteiger partial charge in [0.15, 0.2) is 0 Å². The molecule has 0 saturated carbocycles. The summed E-state index contributed by atoms with van der Waals surface area (Å²) < 4.78 is 5.17. The van der Waals surface area contributed by atoms with Crippen molar-refractivity contribution in [1.82, 2.24) is 15.2 Å². The van der Waals surface area contributed by atoms with E-state index in [0.717, 1.165) is 25.3 Å². The van der Waals surface area contributed by atoms with E-state index in [1.165, 1.54) is 12.8 Å². The van der Waals surface area contributed by atoms with Crippen molar-refractivity contribution in [3.63, 3.8) is 0 Å². The lowest BCUT2D eigenvalue weighted by molar-refractivity contribution is -0.122. The Kier molecular flexibility index (Phi) is 5.95. The standard InChI is InChI=1S/C15H23N3O2/c1-20-12-14(13-6-2-3-8-16-13)17-15(19)7-11-18-9-4-5-10-18/h2-3,6,8,14H,4-5,7,9-12H2,1H3,(H,17,19)/t14-/m1/s1. The fourth-order valence-electron chi connectivity index (χ4n) is 2.48. The number of hydrogen-bond donors (Lipinski definition) is 1. The molecule has 20 heavy (non-hydrogen) atoms. The van der Waals surface area contributed by atoms with Crippen LogP contribution in [-0.2, 0) is 9.53 Å². The highest BCUT2D eigenvalue weighted by Crippen LogP contribution is 2.11. The molecule has 1 fully saturated rings. The summed E-state index contributed by atoms with van der Waals surface area (Å²) in [6.07, 6.45) is 4.77. The third-order valence-corrected chi connectivity index (χ3v) is 3.57. The molecular weight excluding hydrogens is 254 g/mol. The maximum Gasteiger partial charge on any atom is 0.221 e. The number of pyridine rings is 1. The number of nitrogens with zero attached hydrogens (tertiary/aromatic N) is 2. The molecule has 1 aromatic rings. The number of carbonyl (C=O) groups is 1. The molecule has 0 aliphatic carbocycles. The number of hydrogen-bond acceptors (Lipinski definition) is 4. The molecule has 1 N–H and O–H groups in total. The van der Waals surface area contributed by atoms with Gasteiger partial charge < -0.3 is 15.0 Å². The van der Waals surface area contributed by atoms with Gasteiger partial charge >= 0.3 is 0 Å². The smallest absolute Gasteiger partial charge is 0.221 e. The maximum atomic E-state index is 12.0. The first-order valence-corrected chi connectivity index (χ1v) is 7.21. The summed E-state index contributed by atoms with van der Waals surface area (Å²) in [4.78, 5) is 18.7. The summed E-state index contributed by atoms with van der Waals surface area (Å²) in [5, 5.41) is 3.01. The van der Waals surface area contributed by atoms with Crippen LogP contribution in [0.15, 0.2) is 24.4 Å². The minimum absolute atomic E-state index is 0.0598. The van der Waals surface area contributed by atoms with Crippen molar-refractivity contribution in [3.05, 3.63) is 30.1 Å². The van der Waals surface area contributed by atoms with Crippen LogP contribution in [0.3, 0.4) is 0 Å². The van der Waals surface area contributed by atoms with Crippen molar-refractivity contribution in [1.29, 1.82) is 0 Å². The van der Waals surface area contributed by atoms with Crippen LogP contribution in [0.1, 0.15) is 31.0 Å². The van der Waals surface area contributed by atoms with E-state index >= 15 is 0 Å². The average Bonchev–Trinajstić information content (AvgIpc) is 2.99. The largest absolute Gasteiger partial charge is 0.382 e. The Morgan fingerprint density at radius 2 is 2.25 bits per heavy atom. The minimum atomic E-state index is -0.174. The molecule has 1 saturated heterocycles. The zero-order chi connectivity index (χ0) is 14.2. The zero-order valence-corrected chi connectivity index (χ0v) is 12.0. The van der Waals surface area contributed by atoms with Crippen LogP contribution in [0.5, 0.6) is 0 Å². The molecule has 0 radical (unpaired) electrons. The van der Waals surface area contributed by atoms with E-state index in [9.17, 15) is 4.79 Å². The Bertz CT molecular complexity index is 405. The number of aromatic nitrogens is 1. The van der Waals surface area contributed by atoms with Crippen molar-refractivity contribution >= 4 is 5.91 Å². The predicted octanol–water partition coefficient (Wildman–Crippen LogP) is 1.37. The molecule has 110 valence electrons. The molecule has 0 aromatic carbocycles. The van der Waals surface area contributed by atoms with Gasteiger partial charge in [-0.3, -0.25) is 9.78 Å². The van der Waals surface area contributed by atoms with Crippen LogP contribution < -0.4 is 5.32 Å². The Morgan fingerprint density at radius 3 is 2.90 bits per heavy atom. The topological polar surface area (TPSA) is 54.5 Å². The first kappa shape index (κ1) is 14.9. The second-order valence-electron chi connectivity index (χ2n) is 5.13. The van der Waals surface area contributed by atoms with Gasteiger partial charge in [0.2, 0.25) is 5.91 Å². The number of likely N-dealkylation sites (tertiary alicyclic amines) is 1. The number of amides is 1. The molecular formula is C15H23N3O2. The molecule has 1 atom stereocenters. The van der Waals surface area contributed by atoms with Crippen molar-refractivity contribution in [3.8, 4) is 0 Å². The van der Waals surface area contributed by atoms with Crippen molar-refractivity contribution in [2.75, 3.05) is 33.4 Å². The maximum absolute atomic E-state index is 12.0.